The summed E-state index contributed by atoms with van der Waals surface area (Å²) in [6, 6.07) is 0. The minimum atomic E-state index is -4.40. The van der Waals surface area contributed by atoms with Gasteiger partial charge >= 0.3 is 19.8 Å². The molecule has 2 atom stereocenters. The maximum atomic E-state index is 12.7. The summed E-state index contributed by atoms with van der Waals surface area (Å²) in [5, 5.41) is 0. The lowest BCUT2D eigenvalue weighted by atomic mass is 10.0. The molecule has 0 rings (SSSR count). The van der Waals surface area contributed by atoms with Crippen molar-refractivity contribution >= 4 is 19.8 Å². The Bertz CT molecular complexity index is 1670. The number of phosphoric ester groups is 1. The topological polar surface area (TPSA) is 134 Å². The molecule has 0 amide bonds. The van der Waals surface area contributed by atoms with Crippen molar-refractivity contribution in [2.45, 2.75) is 264 Å². The average Bonchev–Trinajstić information content (AvgIpc) is 3.42. The van der Waals surface area contributed by atoms with E-state index in [2.05, 4.69) is 135 Å². The SMILES string of the molecule is CC/C=C\C/C=C\C/C=C\C/C=C\C/C=C\C/C=C\C/C=C\C/C=C\CCCCCCCCC(=O)OC(COC(=O)CCCCCCCCCCCCCCC/C=C\C/C=C\CCCCCCC)COP(=O)(O)OCCN. The number of rotatable bonds is 57. The lowest BCUT2D eigenvalue weighted by Gasteiger charge is -2.19. The van der Waals surface area contributed by atoms with Crippen molar-refractivity contribution < 1.29 is 37.6 Å². The molecule has 2 unspecified atom stereocenters. The fourth-order valence-electron chi connectivity index (χ4n) is 8.27. The lowest BCUT2D eigenvalue weighted by Crippen LogP contribution is -2.29. The monoisotopic (exact) mass is 1090 g/mol. The normalized spacial score (nSPS) is 13.9. The van der Waals surface area contributed by atoms with Crippen molar-refractivity contribution in [3.63, 3.8) is 0 Å². The Labute approximate surface area is 472 Å². The number of carbonyl (C=O) groups is 2. The number of hydrogen-bond acceptors (Lipinski definition) is 8. The van der Waals surface area contributed by atoms with E-state index in [1.54, 1.807) is 0 Å². The average molecular weight is 1090 g/mol. The minimum Gasteiger partial charge on any atom is -0.462 e. The first-order chi connectivity index (χ1) is 37.8. The molecular formula is C67H114NO8P. The number of unbranched alkanes of at least 4 members (excludes halogenated alkanes) is 24. The zero-order valence-corrected chi connectivity index (χ0v) is 50.0. The standard InChI is InChI=1S/C67H114NO8P/c1-3-5-7-9-11-13-15-17-19-21-23-25-27-29-30-31-32-33-34-36-38-40-42-44-46-48-50-52-54-56-58-60-67(70)76-65(64-75-77(71,72)74-62-61-68)63-73-66(69)59-57-55-53-51-49-47-45-43-41-39-37-35-28-26-24-22-20-18-16-14-12-10-8-6-4-2/h5,7,11,13,16-19,22-25,29-30,32-33,36,38,42,44,65H,3-4,6,8-10,12,14-15,20-21,26-28,31,34-35,37,39-41,43,45-64,68H2,1-2H3,(H,71,72)/b7-5-,13-11-,18-16-,19-17-,24-22-,25-23-,30-29-,33-32-,38-36-,44-42-. The number of hydrogen-bond donors (Lipinski definition) is 2. The smallest absolute Gasteiger partial charge is 0.462 e. The third kappa shape index (κ3) is 61.5. The van der Waals surface area contributed by atoms with Crippen LogP contribution in [-0.2, 0) is 32.7 Å². The number of carbonyl (C=O) groups excluding carboxylic acids is 2. The molecule has 0 saturated heterocycles. The lowest BCUT2D eigenvalue weighted by molar-refractivity contribution is -0.161. The predicted octanol–water partition coefficient (Wildman–Crippen LogP) is 20.0. The highest BCUT2D eigenvalue weighted by atomic mass is 31.2. The molecule has 0 heterocycles. The quantitative estimate of drug-likeness (QED) is 0.0264. The van der Waals surface area contributed by atoms with Gasteiger partial charge in [0.2, 0.25) is 0 Å². The molecule has 0 aromatic rings. The van der Waals surface area contributed by atoms with Crippen LogP contribution in [0.4, 0.5) is 0 Å². The molecule has 0 aromatic carbocycles. The minimum absolute atomic E-state index is 0.0448. The van der Waals surface area contributed by atoms with Crippen LogP contribution in [-0.4, -0.2) is 49.3 Å². The summed E-state index contributed by atoms with van der Waals surface area (Å²) in [7, 11) is -4.40. The first kappa shape index (κ1) is 73.4. The molecule has 0 aliphatic rings. The molecule has 0 radical (unpaired) electrons. The molecule has 0 saturated carbocycles. The maximum Gasteiger partial charge on any atom is 0.472 e. The van der Waals surface area contributed by atoms with Gasteiger partial charge in [-0.15, -0.1) is 0 Å². The largest absolute Gasteiger partial charge is 0.472 e. The maximum absolute atomic E-state index is 12.7. The molecule has 0 bridgehead atoms. The van der Waals surface area contributed by atoms with Crippen LogP contribution < -0.4 is 5.73 Å². The highest BCUT2D eigenvalue weighted by molar-refractivity contribution is 7.47. The molecule has 0 fully saturated rings. The van der Waals surface area contributed by atoms with E-state index in [-0.39, 0.29) is 38.6 Å². The zero-order valence-electron chi connectivity index (χ0n) is 49.2. The van der Waals surface area contributed by atoms with E-state index in [1.165, 1.54) is 109 Å². The summed E-state index contributed by atoms with van der Waals surface area (Å²) in [5.74, 6) is -0.848. The van der Waals surface area contributed by atoms with Crippen molar-refractivity contribution in [3.8, 4) is 0 Å². The van der Waals surface area contributed by atoms with Gasteiger partial charge in [0.05, 0.1) is 13.2 Å². The van der Waals surface area contributed by atoms with E-state index in [0.29, 0.717) is 6.42 Å². The number of allylic oxidation sites excluding steroid dienone is 20. The molecular weight excluding hydrogens is 978 g/mol. The van der Waals surface area contributed by atoms with Crippen molar-refractivity contribution in [2.75, 3.05) is 26.4 Å². The molecule has 0 aliphatic heterocycles. The molecule has 0 aliphatic carbocycles. The second-order valence-electron chi connectivity index (χ2n) is 20.2. The summed E-state index contributed by atoms with van der Waals surface area (Å²) in [6.07, 6.45) is 85.4. The van der Waals surface area contributed by atoms with Crippen LogP contribution in [0.1, 0.15) is 258 Å². The van der Waals surface area contributed by atoms with Gasteiger partial charge in [-0.3, -0.25) is 18.6 Å². The van der Waals surface area contributed by atoms with Crippen molar-refractivity contribution in [1.29, 1.82) is 0 Å². The Balaban J connectivity index is 4.03. The molecule has 440 valence electrons. The van der Waals surface area contributed by atoms with Crippen LogP contribution in [0, 0.1) is 0 Å². The van der Waals surface area contributed by atoms with E-state index in [1.807, 2.05) is 0 Å². The van der Waals surface area contributed by atoms with Gasteiger partial charge in [0.25, 0.3) is 0 Å². The summed E-state index contributed by atoms with van der Waals surface area (Å²) >= 11 is 0. The zero-order chi connectivity index (χ0) is 55.9. The third-order valence-corrected chi connectivity index (χ3v) is 13.8. The van der Waals surface area contributed by atoms with Crippen LogP contribution >= 0.6 is 7.82 Å². The van der Waals surface area contributed by atoms with Gasteiger partial charge in [-0.2, -0.15) is 0 Å². The second-order valence-corrected chi connectivity index (χ2v) is 21.6. The van der Waals surface area contributed by atoms with Gasteiger partial charge in [-0.25, -0.2) is 4.57 Å². The molecule has 77 heavy (non-hydrogen) atoms. The van der Waals surface area contributed by atoms with E-state index in [9.17, 15) is 19.0 Å². The number of phosphoric acid groups is 1. The number of ether oxygens (including phenoxy) is 2. The van der Waals surface area contributed by atoms with Crippen LogP contribution in [0.25, 0.3) is 0 Å². The Morgan fingerprint density at radius 1 is 0.403 bits per heavy atom. The highest BCUT2D eigenvalue weighted by Crippen LogP contribution is 2.43. The molecule has 3 N–H and O–H groups in total. The van der Waals surface area contributed by atoms with E-state index in [0.717, 1.165) is 116 Å². The van der Waals surface area contributed by atoms with Crippen LogP contribution in [0.2, 0.25) is 0 Å². The van der Waals surface area contributed by atoms with E-state index < -0.39 is 26.5 Å². The van der Waals surface area contributed by atoms with Gasteiger partial charge in [-0.1, -0.05) is 257 Å². The predicted molar refractivity (Wildman–Crippen MR) is 330 cm³/mol. The molecule has 0 aromatic heterocycles. The summed E-state index contributed by atoms with van der Waals surface area (Å²) in [6.45, 7) is 3.61. The summed E-state index contributed by atoms with van der Waals surface area (Å²) in [4.78, 5) is 35.3. The molecule has 9 nitrogen and oxygen atoms in total. The Morgan fingerprint density at radius 3 is 1.06 bits per heavy atom. The van der Waals surface area contributed by atoms with Crippen LogP contribution in [0.15, 0.2) is 122 Å². The summed E-state index contributed by atoms with van der Waals surface area (Å²) in [5.41, 5.74) is 5.39. The molecule has 10 heteroatoms. The van der Waals surface area contributed by atoms with E-state index in [4.69, 9.17) is 24.3 Å². The highest BCUT2D eigenvalue weighted by Gasteiger charge is 2.26. The van der Waals surface area contributed by atoms with Crippen molar-refractivity contribution in [1.82, 2.24) is 0 Å². The van der Waals surface area contributed by atoms with Gasteiger partial charge in [0.15, 0.2) is 6.10 Å². The fraction of sp³-hybridized carbons (Fsp3) is 0.672. The number of nitrogens with two attached hydrogens (primary N) is 1. The van der Waals surface area contributed by atoms with Gasteiger partial charge < -0.3 is 20.1 Å². The fourth-order valence-corrected chi connectivity index (χ4v) is 9.04. The second kappa shape index (κ2) is 61.6. The Morgan fingerprint density at radius 2 is 0.714 bits per heavy atom. The van der Waals surface area contributed by atoms with Crippen molar-refractivity contribution in [3.05, 3.63) is 122 Å². The van der Waals surface area contributed by atoms with Crippen LogP contribution in [0.5, 0.6) is 0 Å². The molecule has 0 spiro atoms. The van der Waals surface area contributed by atoms with Gasteiger partial charge in [0, 0.05) is 19.4 Å². The van der Waals surface area contributed by atoms with Crippen LogP contribution in [0.3, 0.4) is 0 Å². The van der Waals surface area contributed by atoms with Crippen molar-refractivity contribution in [2.24, 2.45) is 5.73 Å². The first-order valence-corrected chi connectivity index (χ1v) is 32.5. The number of esters is 2. The Hall–Kier alpha value is -3.59. The van der Waals surface area contributed by atoms with Gasteiger partial charge in [-0.05, 0) is 109 Å². The third-order valence-electron chi connectivity index (χ3n) is 12.8. The Kier molecular flexibility index (Phi) is 58.7. The van der Waals surface area contributed by atoms with Gasteiger partial charge in [0.1, 0.15) is 6.61 Å². The first-order valence-electron chi connectivity index (χ1n) is 31.0. The van der Waals surface area contributed by atoms with E-state index >= 15 is 0 Å². The summed E-state index contributed by atoms with van der Waals surface area (Å²) < 4.78 is 33.1.